The van der Waals surface area contributed by atoms with Crippen LogP contribution in [0.4, 0.5) is 0 Å². The Hall–Kier alpha value is -2.44. The lowest BCUT2D eigenvalue weighted by Gasteiger charge is -2.35. The van der Waals surface area contributed by atoms with Crippen molar-refractivity contribution in [2.75, 3.05) is 52.4 Å². The van der Waals surface area contributed by atoms with E-state index in [9.17, 15) is 9.59 Å². The Morgan fingerprint density at radius 1 is 0.867 bits per heavy atom. The Balaban J connectivity index is 1.22. The van der Waals surface area contributed by atoms with Gasteiger partial charge in [0.15, 0.2) is 0 Å². The number of nitrogens with one attached hydrogen (secondary N) is 1. The third-order valence-corrected chi connectivity index (χ3v) is 6.38. The molecule has 0 saturated carbocycles. The summed E-state index contributed by atoms with van der Waals surface area (Å²) in [5, 5.41) is 5.82. The molecule has 2 amide bonds. The average molecular weight is 409 g/mol. The van der Waals surface area contributed by atoms with E-state index in [-0.39, 0.29) is 17.9 Å². The summed E-state index contributed by atoms with van der Waals surface area (Å²) in [6.45, 7) is 7.64. The van der Waals surface area contributed by atoms with Crippen LogP contribution in [0.25, 0.3) is 10.8 Å². The molecule has 0 radical (unpaired) electrons. The smallest absolute Gasteiger partial charge is 0.236 e. The van der Waals surface area contributed by atoms with Gasteiger partial charge in [-0.3, -0.25) is 14.5 Å². The van der Waals surface area contributed by atoms with Gasteiger partial charge < -0.3 is 15.1 Å². The Kier molecular flexibility index (Phi) is 6.65. The number of nitrogens with zero attached hydrogens (tertiary/aromatic N) is 3. The van der Waals surface area contributed by atoms with Gasteiger partial charge in [-0.1, -0.05) is 36.4 Å². The van der Waals surface area contributed by atoms with Gasteiger partial charge in [-0.05, 0) is 42.2 Å². The van der Waals surface area contributed by atoms with E-state index in [0.717, 1.165) is 39.0 Å². The van der Waals surface area contributed by atoms with E-state index < -0.39 is 0 Å². The zero-order valence-corrected chi connectivity index (χ0v) is 17.8. The first-order valence-electron chi connectivity index (χ1n) is 11.1. The van der Waals surface area contributed by atoms with Gasteiger partial charge in [-0.2, -0.15) is 0 Å². The van der Waals surface area contributed by atoms with Crippen LogP contribution in [0.5, 0.6) is 0 Å². The summed E-state index contributed by atoms with van der Waals surface area (Å²) in [7, 11) is 0. The Bertz CT molecular complexity index is 886. The second kappa shape index (κ2) is 9.58. The second-order valence-corrected chi connectivity index (χ2v) is 8.45. The Labute approximate surface area is 178 Å². The molecule has 2 saturated heterocycles. The molecule has 2 fully saturated rings. The van der Waals surface area contributed by atoms with E-state index in [1.165, 1.54) is 16.3 Å². The summed E-state index contributed by atoms with van der Waals surface area (Å²) in [4.78, 5) is 31.0. The third kappa shape index (κ3) is 4.99. The number of rotatable bonds is 6. The zero-order valence-electron chi connectivity index (χ0n) is 17.8. The molecule has 2 aliphatic heterocycles. The van der Waals surface area contributed by atoms with Gasteiger partial charge in [0.1, 0.15) is 0 Å². The van der Waals surface area contributed by atoms with Gasteiger partial charge >= 0.3 is 0 Å². The molecule has 4 rings (SSSR count). The van der Waals surface area contributed by atoms with Crippen molar-refractivity contribution < 1.29 is 9.59 Å². The van der Waals surface area contributed by atoms with Crippen LogP contribution in [-0.2, 0) is 9.59 Å². The van der Waals surface area contributed by atoms with Crippen molar-refractivity contribution in [2.45, 2.75) is 25.8 Å². The molecule has 0 bridgehead atoms. The highest BCUT2D eigenvalue weighted by molar-refractivity contribution is 5.83. The average Bonchev–Trinajstić information content (AvgIpc) is 3.32. The van der Waals surface area contributed by atoms with E-state index in [1.54, 1.807) is 0 Å². The molecule has 160 valence electrons. The lowest BCUT2D eigenvalue weighted by Crippen LogP contribution is -2.52. The van der Waals surface area contributed by atoms with Crippen molar-refractivity contribution in [1.82, 2.24) is 20.0 Å². The quantitative estimate of drug-likeness (QED) is 0.797. The molecule has 2 aromatic rings. The largest absolute Gasteiger partial charge is 0.342 e. The van der Waals surface area contributed by atoms with Crippen LogP contribution in [-0.4, -0.2) is 78.9 Å². The maximum absolute atomic E-state index is 12.7. The number of benzene rings is 2. The molecule has 2 aliphatic rings. The predicted molar refractivity (Wildman–Crippen MR) is 119 cm³/mol. The van der Waals surface area contributed by atoms with Crippen molar-refractivity contribution >= 4 is 22.6 Å². The normalized spacial score (nSPS) is 18.7. The van der Waals surface area contributed by atoms with Crippen LogP contribution in [0.2, 0.25) is 0 Å². The molecular formula is C24H32N4O2. The number of amides is 2. The van der Waals surface area contributed by atoms with Crippen molar-refractivity contribution in [2.24, 2.45) is 0 Å². The van der Waals surface area contributed by atoms with Gasteiger partial charge in [0, 0.05) is 45.3 Å². The number of carbonyl (C=O) groups is 2. The zero-order chi connectivity index (χ0) is 20.9. The predicted octanol–water partition coefficient (Wildman–Crippen LogP) is 2.26. The van der Waals surface area contributed by atoms with Crippen LogP contribution >= 0.6 is 0 Å². The summed E-state index contributed by atoms with van der Waals surface area (Å²) in [6.07, 6.45) is 2.25. The van der Waals surface area contributed by atoms with Crippen LogP contribution < -0.4 is 5.32 Å². The molecule has 6 nitrogen and oxygen atoms in total. The first kappa shape index (κ1) is 20.8. The molecule has 0 aliphatic carbocycles. The SMILES string of the molecule is CC(NCC(=O)N1CCN(CC(=O)N2CCCC2)CC1)c1ccc2ccccc2c1. The van der Waals surface area contributed by atoms with Crippen LogP contribution in [0.3, 0.4) is 0 Å². The summed E-state index contributed by atoms with van der Waals surface area (Å²) in [5.41, 5.74) is 1.19. The molecule has 1 atom stereocenters. The van der Waals surface area contributed by atoms with Gasteiger partial charge in [0.05, 0.1) is 13.1 Å². The van der Waals surface area contributed by atoms with Crippen molar-refractivity contribution in [3.63, 3.8) is 0 Å². The molecule has 2 aromatic carbocycles. The minimum atomic E-state index is 0.109. The summed E-state index contributed by atoms with van der Waals surface area (Å²) in [5.74, 6) is 0.367. The fourth-order valence-electron chi connectivity index (χ4n) is 4.36. The number of hydrogen-bond donors (Lipinski definition) is 1. The highest BCUT2D eigenvalue weighted by Crippen LogP contribution is 2.20. The van der Waals surface area contributed by atoms with Crippen LogP contribution in [0.1, 0.15) is 31.4 Å². The minimum Gasteiger partial charge on any atom is -0.342 e. The lowest BCUT2D eigenvalue weighted by molar-refractivity contribution is -0.134. The summed E-state index contributed by atoms with van der Waals surface area (Å²) in [6, 6.07) is 14.9. The third-order valence-electron chi connectivity index (χ3n) is 6.38. The van der Waals surface area contributed by atoms with Gasteiger partial charge in [-0.25, -0.2) is 0 Å². The van der Waals surface area contributed by atoms with Crippen molar-refractivity contribution in [1.29, 1.82) is 0 Å². The number of piperazine rings is 1. The number of fused-ring (bicyclic) bond motifs is 1. The first-order valence-corrected chi connectivity index (χ1v) is 11.1. The fourth-order valence-corrected chi connectivity index (χ4v) is 4.36. The monoisotopic (exact) mass is 408 g/mol. The molecule has 1 unspecified atom stereocenters. The van der Waals surface area contributed by atoms with Crippen molar-refractivity contribution in [3.05, 3.63) is 48.0 Å². The highest BCUT2D eigenvalue weighted by Gasteiger charge is 2.25. The Morgan fingerprint density at radius 3 is 2.27 bits per heavy atom. The lowest BCUT2D eigenvalue weighted by atomic mass is 10.0. The van der Waals surface area contributed by atoms with E-state index in [0.29, 0.717) is 26.2 Å². The molecule has 0 spiro atoms. The highest BCUT2D eigenvalue weighted by atomic mass is 16.2. The van der Waals surface area contributed by atoms with Crippen molar-refractivity contribution in [3.8, 4) is 0 Å². The molecular weight excluding hydrogens is 376 g/mol. The first-order chi connectivity index (χ1) is 14.6. The van der Waals surface area contributed by atoms with Gasteiger partial charge in [0.2, 0.25) is 11.8 Å². The topological polar surface area (TPSA) is 55.9 Å². The molecule has 6 heteroatoms. The van der Waals surface area contributed by atoms with Gasteiger partial charge in [-0.15, -0.1) is 0 Å². The number of likely N-dealkylation sites (tertiary alicyclic amines) is 1. The molecule has 2 heterocycles. The Morgan fingerprint density at radius 2 is 1.53 bits per heavy atom. The standard InChI is InChI=1S/C24H32N4O2/c1-19(21-9-8-20-6-2-3-7-22(20)16-21)25-17-23(29)28-14-12-26(13-15-28)18-24(30)27-10-4-5-11-27/h2-3,6-9,16,19,25H,4-5,10-15,17-18H2,1H3. The van der Waals surface area contributed by atoms with Gasteiger partial charge in [0.25, 0.3) is 0 Å². The molecule has 30 heavy (non-hydrogen) atoms. The summed E-state index contributed by atoms with van der Waals surface area (Å²) >= 11 is 0. The van der Waals surface area contributed by atoms with E-state index in [1.807, 2.05) is 21.9 Å². The number of carbonyl (C=O) groups excluding carboxylic acids is 2. The van der Waals surface area contributed by atoms with E-state index in [2.05, 4.69) is 47.5 Å². The fraction of sp³-hybridized carbons (Fsp3) is 0.500. The van der Waals surface area contributed by atoms with Crippen LogP contribution in [0.15, 0.2) is 42.5 Å². The maximum Gasteiger partial charge on any atom is 0.236 e. The molecule has 0 aromatic heterocycles. The maximum atomic E-state index is 12.7. The van der Waals surface area contributed by atoms with E-state index >= 15 is 0 Å². The van der Waals surface area contributed by atoms with E-state index in [4.69, 9.17) is 0 Å². The molecule has 1 N–H and O–H groups in total. The number of hydrogen-bond acceptors (Lipinski definition) is 4. The van der Waals surface area contributed by atoms with Crippen LogP contribution in [0, 0.1) is 0 Å². The second-order valence-electron chi connectivity index (χ2n) is 8.45. The minimum absolute atomic E-state index is 0.109. The summed E-state index contributed by atoms with van der Waals surface area (Å²) < 4.78 is 0.